The minimum absolute atomic E-state index is 0.147. The van der Waals surface area contributed by atoms with Crippen molar-refractivity contribution in [1.82, 2.24) is 0 Å². The van der Waals surface area contributed by atoms with Gasteiger partial charge >= 0.3 is 0 Å². The van der Waals surface area contributed by atoms with Crippen LogP contribution in [0.4, 0.5) is 0 Å². The fraction of sp³-hybridized carbons (Fsp3) is 0.714. The Bertz CT molecular complexity index is 432. The van der Waals surface area contributed by atoms with Gasteiger partial charge in [0.2, 0.25) is 6.29 Å². The van der Waals surface area contributed by atoms with Crippen LogP contribution in [0.2, 0.25) is 0 Å². The maximum absolute atomic E-state index is 6.12. The van der Waals surface area contributed by atoms with Crippen LogP contribution in [-0.4, -0.2) is 12.9 Å². The van der Waals surface area contributed by atoms with Gasteiger partial charge in [0, 0.05) is 5.92 Å². The molecule has 0 N–H and O–H groups in total. The molecule has 0 aliphatic heterocycles. The molecule has 2 unspecified atom stereocenters. The molecule has 2 nitrogen and oxygen atoms in total. The molecule has 1 aliphatic rings. The van der Waals surface area contributed by atoms with E-state index in [4.69, 9.17) is 9.47 Å². The van der Waals surface area contributed by atoms with Crippen molar-refractivity contribution in [2.45, 2.75) is 78.4 Å². The summed E-state index contributed by atoms with van der Waals surface area (Å²) in [4.78, 5) is 0. The molecule has 0 amide bonds. The lowest BCUT2D eigenvalue weighted by atomic mass is 9.90. The van der Waals surface area contributed by atoms with Gasteiger partial charge in [-0.05, 0) is 48.8 Å². The first-order valence-corrected chi connectivity index (χ1v) is 9.48. The number of benzene rings is 1. The van der Waals surface area contributed by atoms with E-state index < -0.39 is 0 Å². The van der Waals surface area contributed by atoms with Crippen LogP contribution in [0.15, 0.2) is 24.3 Å². The summed E-state index contributed by atoms with van der Waals surface area (Å²) >= 11 is 0. The van der Waals surface area contributed by atoms with Crippen LogP contribution >= 0.6 is 0 Å². The van der Waals surface area contributed by atoms with E-state index in [-0.39, 0.29) is 6.29 Å². The Morgan fingerprint density at radius 1 is 1.00 bits per heavy atom. The Balaban J connectivity index is 1.88. The van der Waals surface area contributed by atoms with E-state index in [0.717, 1.165) is 18.3 Å². The van der Waals surface area contributed by atoms with E-state index in [2.05, 4.69) is 52.0 Å². The molecule has 0 aromatic heterocycles. The highest BCUT2D eigenvalue weighted by Gasteiger charge is 2.20. The van der Waals surface area contributed by atoms with Crippen molar-refractivity contribution in [1.29, 1.82) is 0 Å². The Labute approximate surface area is 142 Å². The van der Waals surface area contributed by atoms with Crippen LogP contribution in [-0.2, 0) is 4.74 Å². The third kappa shape index (κ3) is 5.84. The van der Waals surface area contributed by atoms with Crippen LogP contribution in [0, 0.1) is 11.8 Å². The van der Waals surface area contributed by atoms with Crippen molar-refractivity contribution in [2.75, 3.05) is 6.61 Å². The summed E-state index contributed by atoms with van der Waals surface area (Å²) < 4.78 is 12.2. The fourth-order valence-corrected chi connectivity index (χ4v) is 3.19. The van der Waals surface area contributed by atoms with Crippen LogP contribution in [0.5, 0.6) is 5.75 Å². The Morgan fingerprint density at radius 2 is 1.65 bits per heavy atom. The van der Waals surface area contributed by atoms with Crippen molar-refractivity contribution in [2.24, 2.45) is 11.8 Å². The third-order valence-corrected chi connectivity index (χ3v) is 5.08. The van der Waals surface area contributed by atoms with Crippen molar-refractivity contribution in [3.05, 3.63) is 29.8 Å². The zero-order valence-corrected chi connectivity index (χ0v) is 15.4. The van der Waals surface area contributed by atoms with Crippen LogP contribution in [0.1, 0.15) is 77.7 Å². The minimum atomic E-state index is -0.147. The van der Waals surface area contributed by atoms with Crippen LogP contribution in [0.25, 0.3) is 0 Å². The second-order valence-electron chi connectivity index (χ2n) is 7.45. The van der Waals surface area contributed by atoms with Crippen molar-refractivity contribution in [3.8, 4) is 5.75 Å². The second kappa shape index (κ2) is 9.32. The van der Waals surface area contributed by atoms with Gasteiger partial charge in [0.15, 0.2) is 0 Å². The van der Waals surface area contributed by atoms with Gasteiger partial charge in [0.25, 0.3) is 0 Å². The minimum Gasteiger partial charge on any atom is -0.465 e. The topological polar surface area (TPSA) is 18.5 Å². The number of hydrogen-bond donors (Lipinski definition) is 0. The quantitative estimate of drug-likeness (QED) is 0.534. The van der Waals surface area contributed by atoms with Gasteiger partial charge in [-0.3, -0.25) is 0 Å². The Hall–Kier alpha value is -1.02. The highest BCUT2D eigenvalue weighted by atomic mass is 16.7. The van der Waals surface area contributed by atoms with Gasteiger partial charge in [0.1, 0.15) is 5.75 Å². The molecule has 2 atom stereocenters. The van der Waals surface area contributed by atoms with Gasteiger partial charge in [-0.1, -0.05) is 59.1 Å². The number of hydrogen-bond acceptors (Lipinski definition) is 2. The SMILES string of the molecule is CCC(C)c1ccc(OC(OCC2CCCCC2)C(C)C)cc1. The average Bonchev–Trinajstić information content (AvgIpc) is 2.59. The van der Waals surface area contributed by atoms with E-state index in [9.17, 15) is 0 Å². The summed E-state index contributed by atoms with van der Waals surface area (Å²) in [6.45, 7) is 9.66. The maximum atomic E-state index is 6.12. The molecule has 130 valence electrons. The van der Waals surface area contributed by atoms with Crippen LogP contribution in [0.3, 0.4) is 0 Å². The van der Waals surface area contributed by atoms with E-state index in [1.165, 1.54) is 44.1 Å². The summed E-state index contributed by atoms with van der Waals surface area (Å²) in [6.07, 6.45) is 7.76. The molecule has 1 aromatic carbocycles. The molecule has 0 bridgehead atoms. The molecule has 1 saturated carbocycles. The summed E-state index contributed by atoms with van der Waals surface area (Å²) in [5.74, 6) is 2.60. The van der Waals surface area contributed by atoms with Crippen LogP contribution < -0.4 is 4.74 Å². The van der Waals surface area contributed by atoms with Gasteiger partial charge in [0.05, 0.1) is 6.61 Å². The first kappa shape index (κ1) is 18.3. The first-order chi connectivity index (χ1) is 11.1. The summed E-state index contributed by atoms with van der Waals surface area (Å²) in [6, 6.07) is 8.53. The highest BCUT2D eigenvalue weighted by Crippen LogP contribution is 2.26. The average molecular weight is 319 g/mol. The molecule has 2 heteroatoms. The monoisotopic (exact) mass is 318 g/mol. The van der Waals surface area contributed by atoms with E-state index in [0.29, 0.717) is 11.8 Å². The smallest absolute Gasteiger partial charge is 0.202 e. The molecule has 0 spiro atoms. The predicted octanol–water partition coefficient (Wildman–Crippen LogP) is 6.16. The molecular formula is C21H34O2. The molecule has 1 aromatic rings. The maximum Gasteiger partial charge on any atom is 0.202 e. The van der Waals surface area contributed by atoms with Gasteiger partial charge < -0.3 is 9.47 Å². The normalized spacial score (nSPS) is 18.8. The molecule has 0 heterocycles. The lowest BCUT2D eigenvalue weighted by molar-refractivity contribution is -0.120. The third-order valence-electron chi connectivity index (χ3n) is 5.08. The highest BCUT2D eigenvalue weighted by molar-refractivity contribution is 5.29. The van der Waals surface area contributed by atoms with Crippen molar-refractivity contribution < 1.29 is 9.47 Å². The van der Waals surface area contributed by atoms with Gasteiger partial charge in [-0.15, -0.1) is 0 Å². The molecule has 23 heavy (non-hydrogen) atoms. The van der Waals surface area contributed by atoms with Gasteiger partial charge in [-0.25, -0.2) is 0 Å². The zero-order valence-electron chi connectivity index (χ0n) is 15.4. The van der Waals surface area contributed by atoms with Gasteiger partial charge in [-0.2, -0.15) is 0 Å². The molecule has 1 aliphatic carbocycles. The zero-order chi connectivity index (χ0) is 16.7. The molecule has 0 radical (unpaired) electrons. The fourth-order valence-electron chi connectivity index (χ4n) is 3.19. The van der Waals surface area contributed by atoms with Crippen molar-refractivity contribution >= 4 is 0 Å². The predicted molar refractivity (Wildman–Crippen MR) is 96.9 cm³/mol. The van der Waals surface area contributed by atoms with E-state index in [1.807, 2.05) is 0 Å². The standard InChI is InChI=1S/C21H34O2/c1-5-17(4)19-11-13-20(14-12-19)23-21(16(2)3)22-15-18-9-7-6-8-10-18/h11-14,16-18,21H,5-10,15H2,1-4H3. The van der Waals surface area contributed by atoms with E-state index >= 15 is 0 Å². The lowest BCUT2D eigenvalue weighted by Crippen LogP contribution is -2.29. The molecule has 1 fully saturated rings. The molecule has 2 rings (SSSR count). The summed E-state index contributed by atoms with van der Waals surface area (Å²) in [5.41, 5.74) is 1.38. The molecule has 0 saturated heterocycles. The lowest BCUT2D eigenvalue weighted by Gasteiger charge is -2.27. The largest absolute Gasteiger partial charge is 0.465 e. The second-order valence-corrected chi connectivity index (χ2v) is 7.45. The number of rotatable bonds is 8. The summed E-state index contributed by atoms with van der Waals surface area (Å²) in [7, 11) is 0. The Kier molecular flexibility index (Phi) is 7.42. The van der Waals surface area contributed by atoms with Crippen molar-refractivity contribution in [3.63, 3.8) is 0 Å². The molecular weight excluding hydrogens is 284 g/mol. The summed E-state index contributed by atoms with van der Waals surface area (Å²) in [5, 5.41) is 0. The first-order valence-electron chi connectivity index (χ1n) is 9.48. The Morgan fingerprint density at radius 3 is 2.22 bits per heavy atom. The number of ether oxygens (including phenoxy) is 2. The van der Waals surface area contributed by atoms with E-state index in [1.54, 1.807) is 0 Å².